The van der Waals surface area contributed by atoms with E-state index in [2.05, 4.69) is 19.2 Å². The molecule has 112 valence electrons. The van der Waals surface area contributed by atoms with Gasteiger partial charge in [0.1, 0.15) is 0 Å². The number of likely N-dealkylation sites (tertiary alicyclic amines) is 1. The van der Waals surface area contributed by atoms with Crippen LogP contribution in [0.5, 0.6) is 0 Å². The second-order valence-electron chi connectivity index (χ2n) is 6.90. The zero-order valence-electron chi connectivity index (χ0n) is 12.6. The van der Waals surface area contributed by atoms with Gasteiger partial charge in [-0.1, -0.05) is 13.8 Å². The molecule has 3 rings (SSSR count). The molecule has 2 atom stereocenters. The van der Waals surface area contributed by atoms with Gasteiger partial charge in [0.2, 0.25) is 11.8 Å². The normalized spacial score (nSPS) is 41.3. The molecule has 2 amide bonds. The third-order valence-corrected chi connectivity index (χ3v) is 5.46. The smallest absolute Gasteiger partial charge is 0.233 e. The first-order valence-electron chi connectivity index (χ1n) is 8.22. The zero-order valence-corrected chi connectivity index (χ0v) is 12.6. The first-order valence-corrected chi connectivity index (χ1v) is 8.22. The Hall–Kier alpha value is -0.900. The highest BCUT2D eigenvalue weighted by molar-refractivity contribution is 6.05. The Labute approximate surface area is 121 Å². The van der Waals surface area contributed by atoms with E-state index in [-0.39, 0.29) is 29.7 Å². The van der Waals surface area contributed by atoms with Crippen LogP contribution < -0.4 is 5.32 Å². The van der Waals surface area contributed by atoms with Crippen molar-refractivity contribution in [2.75, 3.05) is 6.54 Å². The Morgan fingerprint density at radius 1 is 1.05 bits per heavy atom. The molecule has 0 spiro atoms. The standard InChI is InChI=1S/C16H26N2O2/c1-3-17-11-4-6-12(7-5-11)18-15(19)13-8-10(2)9-14(13)16(18)20/h10-14,17H,3-9H2,1-2H3. The Kier molecular flexibility index (Phi) is 3.85. The van der Waals surface area contributed by atoms with Gasteiger partial charge in [0, 0.05) is 12.1 Å². The van der Waals surface area contributed by atoms with Crippen LogP contribution in [-0.4, -0.2) is 35.3 Å². The number of nitrogens with one attached hydrogen (secondary N) is 1. The van der Waals surface area contributed by atoms with Gasteiger partial charge in [0.25, 0.3) is 0 Å². The van der Waals surface area contributed by atoms with Crippen LogP contribution in [0.3, 0.4) is 0 Å². The predicted molar refractivity (Wildman–Crippen MR) is 77.0 cm³/mol. The number of amides is 2. The lowest BCUT2D eigenvalue weighted by Gasteiger charge is -2.34. The minimum Gasteiger partial charge on any atom is -0.314 e. The van der Waals surface area contributed by atoms with E-state index in [4.69, 9.17) is 0 Å². The second-order valence-corrected chi connectivity index (χ2v) is 6.90. The Balaban J connectivity index is 1.64. The maximum atomic E-state index is 12.5. The summed E-state index contributed by atoms with van der Waals surface area (Å²) in [6.07, 6.45) is 5.95. The van der Waals surface area contributed by atoms with Crippen molar-refractivity contribution in [1.29, 1.82) is 0 Å². The van der Waals surface area contributed by atoms with Gasteiger partial charge >= 0.3 is 0 Å². The number of fused-ring (bicyclic) bond motifs is 1. The first kappa shape index (κ1) is 14.1. The molecule has 4 nitrogen and oxygen atoms in total. The summed E-state index contributed by atoms with van der Waals surface area (Å²) >= 11 is 0. The molecule has 0 aromatic heterocycles. The maximum absolute atomic E-state index is 12.5. The van der Waals surface area contributed by atoms with E-state index in [0.717, 1.165) is 45.1 Å². The number of carbonyl (C=O) groups is 2. The number of hydrogen-bond acceptors (Lipinski definition) is 3. The third-order valence-electron chi connectivity index (χ3n) is 5.46. The molecule has 2 aliphatic carbocycles. The number of hydrogen-bond donors (Lipinski definition) is 1. The lowest BCUT2D eigenvalue weighted by Crippen LogP contribution is -2.45. The minimum atomic E-state index is 0.00369. The van der Waals surface area contributed by atoms with Crippen LogP contribution in [0.4, 0.5) is 0 Å². The summed E-state index contributed by atoms with van der Waals surface area (Å²) in [5.74, 6) is 0.810. The first-order chi connectivity index (χ1) is 9.61. The molecule has 0 bridgehead atoms. The van der Waals surface area contributed by atoms with Gasteiger partial charge < -0.3 is 5.32 Å². The van der Waals surface area contributed by atoms with Crippen LogP contribution in [0.2, 0.25) is 0 Å². The summed E-state index contributed by atoms with van der Waals surface area (Å²) in [5, 5.41) is 3.48. The summed E-state index contributed by atoms with van der Waals surface area (Å²) in [4.78, 5) is 26.7. The third kappa shape index (κ3) is 2.28. The monoisotopic (exact) mass is 278 g/mol. The fourth-order valence-electron chi connectivity index (χ4n) is 4.49. The molecule has 1 heterocycles. The van der Waals surface area contributed by atoms with Crippen molar-refractivity contribution in [3.05, 3.63) is 0 Å². The zero-order chi connectivity index (χ0) is 14.3. The van der Waals surface area contributed by atoms with Gasteiger partial charge in [-0.15, -0.1) is 0 Å². The Morgan fingerprint density at radius 3 is 2.10 bits per heavy atom. The molecule has 1 N–H and O–H groups in total. The van der Waals surface area contributed by atoms with Gasteiger partial charge in [0.15, 0.2) is 0 Å². The van der Waals surface area contributed by atoms with Crippen LogP contribution in [0.25, 0.3) is 0 Å². The highest BCUT2D eigenvalue weighted by Crippen LogP contribution is 2.44. The lowest BCUT2D eigenvalue weighted by molar-refractivity contribution is -0.144. The second kappa shape index (κ2) is 5.47. The van der Waals surface area contributed by atoms with E-state index in [9.17, 15) is 9.59 Å². The highest BCUT2D eigenvalue weighted by atomic mass is 16.2. The molecule has 20 heavy (non-hydrogen) atoms. The minimum absolute atomic E-state index is 0.00369. The van der Waals surface area contributed by atoms with E-state index in [0.29, 0.717) is 12.0 Å². The van der Waals surface area contributed by atoms with Crippen LogP contribution in [0.1, 0.15) is 52.4 Å². The van der Waals surface area contributed by atoms with Crippen molar-refractivity contribution in [3.63, 3.8) is 0 Å². The molecular formula is C16H26N2O2. The van der Waals surface area contributed by atoms with Crippen LogP contribution in [-0.2, 0) is 9.59 Å². The fourth-order valence-corrected chi connectivity index (χ4v) is 4.49. The van der Waals surface area contributed by atoms with E-state index >= 15 is 0 Å². The lowest BCUT2D eigenvalue weighted by atomic mass is 9.90. The van der Waals surface area contributed by atoms with Crippen molar-refractivity contribution in [2.45, 2.75) is 64.5 Å². The molecule has 1 saturated heterocycles. The van der Waals surface area contributed by atoms with Crippen LogP contribution >= 0.6 is 0 Å². The summed E-state index contributed by atoms with van der Waals surface area (Å²) in [5.41, 5.74) is 0. The van der Waals surface area contributed by atoms with Gasteiger partial charge in [-0.3, -0.25) is 14.5 Å². The molecule has 1 aliphatic heterocycles. The van der Waals surface area contributed by atoms with Gasteiger partial charge in [-0.05, 0) is 51.0 Å². The van der Waals surface area contributed by atoms with Crippen molar-refractivity contribution in [1.82, 2.24) is 10.2 Å². The summed E-state index contributed by atoms with van der Waals surface area (Å²) in [6, 6.07) is 0.745. The van der Waals surface area contributed by atoms with E-state index in [1.165, 1.54) is 0 Å². The van der Waals surface area contributed by atoms with E-state index in [1.54, 1.807) is 4.90 Å². The molecule has 0 aromatic carbocycles. The molecular weight excluding hydrogens is 252 g/mol. The van der Waals surface area contributed by atoms with Gasteiger partial charge in [-0.2, -0.15) is 0 Å². The summed E-state index contributed by atoms with van der Waals surface area (Å²) in [6.45, 7) is 5.28. The molecule has 2 unspecified atom stereocenters. The Bertz CT molecular complexity index is 377. The Morgan fingerprint density at radius 2 is 1.60 bits per heavy atom. The van der Waals surface area contributed by atoms with E-state index < -0.39 is 0 Å². The highest BCUT2D eigenvalue weighted by Gasteiger charge is 2.53. The fraction of sp³-hybridized carbons (Fsp3) is 0.875. The number of rotatable bonds is 3. The van der Waals surface area contributed by atoms with Crippen molar-refractivity contribution in [2.24, 2.45) is 17.8 Å². The topological polar surface area (TPSA) is 49.4 Å². The van der Waals surface area contributed by atoms with Crippen molar-refractivity contribution >= 4 is 11.8 Å². The molecule has 0 radical (unpaired) electrons. The average molecular weight is 278 g/mol. The van der Waals surface area contributed by atoms with E-state index in [1.807, 2.05) is 0 Å². The van der Waals surface area contributed by atoms with Crippen molar-refractivity contribution < 1.29 is 9.59 Å². The largest absolute Gasteiger partial charge is 0.314 e. The van der Waals surface area contributed by atoms with Gasteiger partial charge in [0.05, 0.1) is 11.8 Å². The van der Waals surface area contributed by atoms with Crippen LogP contribution in [0, 0.1) is 17.8 Å². The van der Waals surface area contributed by atoms with Crippen molar-refractivity contribution in [3.8, 4) is 0 Å². The SMILES string of the molecule is CCNC1CCC(N2C(=O)C3CC(C)CC3C2=O)CC1. The molecule has 3 fully saturated rings. The number of nitrogens with zero attached hydrogens (tertiary/aromatic N) is 1. The van der Waals surface area contributed by atoms with Crippen LogP contribution in [0.15, 0.2) is 0 Å². The summed E-state index contributed by atoms with van der Waals surface area (Å²) < 4.78 is 0. The van der Waals surface area contributed by atoms with Gasteiger partial charge in [-0.25, -0.2) is 0 Å². The molecule has 4 heteroatoms. The molecule has 3 aliphatic rings. The summed E-state index contributed by atoms with van der Waals surface area (Å²) in [7, 11) is 0. The quantitative estimate of drug-likeness (QED) is 0.803. The number of carbonyl (C=O) groups excluding carboxylic acids is 2. The predicted octanol–water partition coefficient (Wildman–Crippen LogP) is 1.94. The maximum Gasteiger partial charge on any atom is 0.233 e. The molecule has 2 saturated carbocycles. The molecule has 0 aromatic rings. The average Bonchev–Trinajstić information content (AvgIpc) is 2.91. The number of imide groups is 1.